The largest absolute Gasteiger partial charge is 0.461 e. The minimum atomic E-state index is -4.44. The van der Waals surface area contributed by atoms with E-state index in [9.17, 15) is 18.0 Å². The normalized spacial score (nSPS) is 13.2. The van der Waals surface area contributed by atoms with Crippen LogP contribution in [-0.2, 0) is 4.74 Å². The fourth-order valence-electron chi connectivity index (χ4n) is 1.46. The van der Waals surface area contributed by atoms with Gasteiger partial charge in [0.2, 0.25) is 0 Å². The number of hydrogen-bond donors (Lipinski definition) is 1. The molecule has 0 radical (unpaired) electrons. The smallest absolute Gasteiger partial charge is 0.407 e. The van der Waals surface area contributed by atoms with Crippen LogP contribution in [-0.4, -0.2) is 30.8 Å². The highest BCUT2D eigenvalue weighted by molar-refractivity contribution is 5.87. The van der Waals surface area contributed by atoms with Crippen molar-refractivity contribution in [2.75, 3.05) is 13.7 Å². The SMILES string of the molecule is CCOC(=O)c1cc(C(NC)C(F)(F)F)ccn1. The van der Waals surface area contributed by atoms with E-state index in [1.165, 1.54) is 13.1 Å². The van der Waals surface area contributed by atoms with E-state index in [1.54, 1.807) is 6.92 Å². The number of hydrogen-bond acceptors (Lipinski definition) is 4. The van der Waals surface area contributed by atoms with Crippen LogP contribution in [0.1, 0.15) is 29.0 Å². The van der Waals surface area contributed by atoms with Gasteiger partial charge >= 0.3 is 12.1 Å². The Morgan fingerprint density at radius 2 is 2.22 bits per heavy atom. The number of nitrogens with one attached hydrogen (secondary N) is 1. The molecule has 1 heterocycles. The number of aromatic nitrogens is 1. The summed E-state index contributed by atoms with van der Waals surface area (Å²) in [6, 6.07) is 0.443. The number of alkyl halides is 3. The summed E-state index contributed by atoms with van der Waals surface area (Å²) in [6.07, 6.45) is -3.29. The van der Waals surface area contributed by atoms with Gasteiger partial charge in [-0.05, 0) is 31.7 Å². The molecule has 1 rings (SSSR count). The van der Waals surface area contributed by atoms with E-state index in [0.717, 1.165) is 12.3 Å². The molecule has 18 heavy (non-hydrogen) atoms. The summed E-state index contributed by atoms with van der Waals surface area (Å²) in [5.74, 6) is -0.739. The monoisotopic (exact) mass is 262 g/mol. The highest BCUT2D eigenvalue weighted by atomic mass is 19.4. The van der Waals surface area contributed by atoms with Gasteiger partial charge in [0.25, 0.3) is 0 Å². The molecule has 1 atom stereocenters. The van der Waals surface area contributed by atoms with Crippen molar-refractivity contribution in [3.05, 3.63) is 29.6 Å². The topological polar surface area (TPSA) is 51.2 Å². The van der Waals surface area contributed by atoms with E-state index in [4.69, 9.17) is 0 Å². The lowest BCUT2D eigenvalue weighted by atomic mass is 10.1. The Morgan fingerprint density at radius 3 is 2.72 bits per heavy atom. The van der Waals surface area contributed by atoms with Crippen molar-refractivity contribution >= 4 is 5.97 Å². The van der Waals surface area contributed by atoms with Crippen LogP contribution in [0.15, 0.2) is 18.3 Å². The van der Waals surface area contributed by atoms with Crippen molar-refractivity contribution in [2.45, 2.75) is 19.1 Å². The summed E-state index contributed by atoms with van der Waals surface area (Å²) in [5, 5.41) is 2.15. The molecule has 1 aromatic rings. The zero-order chi connectivity index (χ0) is 13.8. The summed E-state index contributed by atoms with van der Waals surface area (Å²) in [7, 11) is 1.20. The summed E-state index contributed by atoms with van der Waals surface area (Å²) in [5.41, 5.74) is -0.220. The van der Waals surface area contributed by atoms with Crippen LogP contribution in [0.2, 0.25) is 0 Å². The molecule has 0 aromatic carbocycles. The molecule has 4 nitrogen and oxygen atoms in total. The van der Waals surface area contributed by atoms with Crippen LogP contribution >= 0.6 is 0 Å². The highest BCUT2D eigenvalue weighted by Crippen LogP contribution is 2.32. The standard InChI is InChI=1S/C11H13F3N2O2/c1-3-18-10(17)8-6-7(4-5-16-8)9(15-2)11(12,13)14/h4-6,9,15H,3H2,1-2H3. The molecule has 0 saturated carbocycles. The van der Waals surface area contributed by atoms with Gasteiger partial charge < -0.3 is 10.1 Å². The van der Waals surface area contributed by atoms with E-state index >= 15 is 0 Å². The van der Waals surface area contributed by atoms with Crippen molar-refractivity contribution in [1.82, 2.24) is 10.3 Å². The number of esters is 1. The van der Waals surface area contributed by atoms with Crippen LogP contribution < -0.4 is 5.32 Å². The Kier molecular flexibility index (Phi) is 4.66. The Hall–Kier alpha value is -1.63. The van der Waals surface area contributed by atoms with Crippen LogP contribution in [0.4, 0.5) is 13.2 Å². The Bertz CT molecular complexity index is 421. The number of carbonyl (C=O) groups is 1. The third-order valence-corrected chi connectivity index (χ3v) is 2.22. The maximum absolute atomic E-state index is 12.7. The molecular weight excluding hydrogens is 249 g/mol. The summed E-state index contributed by atoms with van der Waals surface area (Å²) >= 11 is 0. The first-order valence-corrected chi connectivity index (χ1v) is 5.27. The van der Waals surface area contributed by atoms with E-state index in [2.05, 4.69) is 15.0 Å². The highest BCUT2D eigenvalue weighted by Gasteiger charge is 2.39. The van der Waals surface area contributed by atoms with Gasteiger partial charge in [-0.3, -0.25) is 0 Å². The molecule has 0 aliphatic heterocycles. The van der Waals surface area contributed by atoms with E-state index in [1.807, 2.05) is 0 Å². The van der Waals surface area contributed by atoms with E-state index in [-0.39, 0.29) is 17.9 Å². The molecule has 7 heteroatoms. The van der Waals surface area contributed by atoms with Crippen molar-refractivity contribution < 1.29 is 22.7 Å². The van der Waals surface area contributed by atoms with Crippen LogP contribution in [0, 0.1) is 0 Å². The minimum Gasteiger partial charge on any atom is -0.461 e. The molecular formula is C11H13F3N2O2. The lowest BCUT2D eigenvalue weighted by Crippen LogP contribution is -2.31. The Morgan fingerprint density at radius 1 is 1.56 bits per heavy atom. The zero-order valence-electron chi connectivity index (χ0n) is 9.91. The van der Waals surface area contributed by atoms with Crippen LogP contribution in [0.25, 0.3) is 0 Å². The first-order valence-electron chi connectivity index (χ1n) is 5.27. The molecule has 100 valence electrons. The fourth-order valence-corrected chi connectivity index (χ4v) is 1.46. The maximum Gasteiger partial charge on any atom is 0.407 e. The van der Waals surface area contributed by atoms with Gasteiger partial charge in [-0.25, -0.2) is 9.78 Å². The summed E-state index contributed by atoms with van der Waals surface area (Å²) < 4.78 is 42.7. The zero-order valence-corrected chi connectivity index (χ0v) is 9.91. The van der Waals surface area contributed by atoms with Gasteiger partial charge in [0.1, 0.15) is 11.7 Å². The molecule has 1 N–H and O–H groups in total. The van der Waals surface area contributed by atoms with Crippen molar-refractivity contribution in [1.29, 1.82) is 0 Å². The first-order chi connectivity index (χ1) is 8.40. The van der Waals surface area contributed by atoms with Gasteiger partial charge in [-0.2, -0.15) is 13.2 Å². The molecule has 0 aliphatic rings. The number of carbonyl (C=O) groups excluding carboxylic acids is 1. The summed E-state index contributed by atoms with van der Waals surface area (Å²) in [4.78, 5) is 15.1. The number of ether oxygens (including phenoxy) is 1. The average Bonchev–Trinajstić information content (AvgIpc) is 2.29. The van der Waals surface area contributed by atoms with Gasteiger partial charge in [-0.15, -0.1) is 0 Å². The molecule has 0 spiro atoms. The van der Waals surface area contributed by atoms with Crippen molar-refractivity contribution in [3.63, 3.8) is 0 Å². The number of rotatable bonds is 4. The molecule has 1 unspecified atom stereocenters. The number of pyridine rings is 1. The maximum atomic E-state index is 12.7. The fraction of sp³-hybridized carbons (Fsp3) is 0.455. The summed E-state index contributed by atoms with van der Waals surface area (Å²) in [6.45, 7) is 1.74. The second kappa shape index (κ2) is 5.81. The average molecular weight is 262 g/mol. The lowest BCUT2D eigenvalue weighted by molar-refractivity contribution is -0.156. The first kappa shape index (κ1) is 14.4. The predicted molar refractivity (Wildman–Crippen MR) is 58.0 cm³/mol. The third-order valence-electron chi connectivity index (χ3n) is 2.22. The van der Waals surface area contributed by atoms with E-state index in [0.29, 0.717) is 0 Å². The quantitative estimate of drug-likeness (QED) is 0.844. The Labute approximate surface area is 102 Å². The Balaban J connectivity index is 3.04. The number of nitrogens with zero attached hydrogens (tertiary/aromatic N) is 1. The predicted octanol–water partition coefficient (Wildman–Crippen LogP) is 2.08. The number of halogens is 3. The van der Waals surface area contributed by atoms with Gasteiger partial charge in [0.05, 0.1) is 6.61 Å². The third kappa shape index (κ3) is 3.43. The molecule has 0 bridgehead atoms. The second-order valence-electron chi connectivity index (χ2n) is 3.46. The van der Waals surface area contributed by atoms with Gasteiger partial charge in [0, 0.05) is 6.20 Å². The lowest BCUT2D eigenvalue weighted by Gasteiger charge is -2.20. The van der Waals surface area contributed by atoms with E-state index < -0.39 is 18.2 Å². The van der Waals surface area contributed by atoms with Crippen LogP contribution in [0.3, 0.4) is 0 Å². The molecule has 0 saturated heterocycles. The molecule has 0 aliphatic carbocycles. The second-order valence-corrected chi connectivity index (χ2v) is 3.46. The molecule has 0 amide bonds. The minimum absolute atomic E-state index is 0.0805. The van der Waals surface area contributed by atoms with Crippen molar-refractivity contribution in [2.24, 2.45) is 0 Å². The van der Waals surface area contributed by atoms with Crippen molar-refractivity contribution in [3.8, 4) is 0 Å². The van der Waals surface area contributed by atoms with Crippen LogP contribution in [0.5, 0.6) is 0 Å². The van der Waals surface area contributed by atoms with Gasteiger partial charge in [-0.1, -0.05) is 0 Å². The van der Waals surface area contributed by atoms with Gasteiger partial charge in [0.15, 0.2) is 0 Å². The molecule has 1 aromatic heterocycles. The molecule has 0 fully saturated rings.